The van der Waals surface area contributed by atoms with Gasteiger partial charge in [-0.2, -0.15) is 5.10 Å². The first-order valence-corrected chi connectivity index (χ1v) is 11.5. The summed E-state index contributed by atoms with van der Waals surface area (Å²) in [4.78, 5) is 26.6. The zero-order chi connectivity index (χ0) is 20.8. The monoisotopic (exact) mass is 425 g/mol. The van der Waals surface area contributed by atoms with E-state index in [1.807, 2.05) is 34.0 Å². The highest BCUT2D eigenvalue weighted by atomic mass is 32.1. The maximum Gasteiger partial charge on any atom is 0.273 e. The molecule has 0 unspecified atom stereocenters. The van der Waals surface area contributed by atoms with E-state index in [4.69, 9.17) is 15.8 Å². The van der Waals surface area contributed by atoms with Crippen LogP contribution in [0, 0.1) is 13.8 Å². The van der Waals surface area contributed by atoms with Crippen molar-refractivity contribution in [3.63, 3.8) is 0 Å². The molecule has 2 atom stereocenters. The Labute approximate surface area is 179 Å². The SMILES string of the molecule is Cc1nc(C(=O)N2CCCC[C@H]2c2cc3nc(N4CC[C@H](N)C4)c(C)cn3n2)cs1. The third kappa shape index (κ3) is 3.45. The van der Waals surface area contributed by atoms with Gasteiger partial charge in [0.2, 0.25) is 0 Å². The van der Waals surface area contributed by atoms with Crippen LogP contribution in [-0.4, -0.2) is 56.1 Å². The summed E-state index contributed by atoms with van der Waals surface area (Å²) in [6, 6.07) is 2.19. The molecule has 3 aromatic heterocycles. The average molecular weight is 426 g/mol. The summed E-state index contributed by atoms with van der Waals surface area (Å²) in [6.45, 7) is 6.49. The second-order valence-corrected chi connectivity index (χ2v) is 9.44. The van der Waals surface area contributed by atoms with Gasteiger partial charge in [0.15, 0.2) is 5.65 Å². The number of nitrogens with two attached hydrogens (primary N) is 1. The molecule has 5 rings (SSSR count). The molecule has 0 spiro atoms. The molecule has 2 saturated heterocycles. The number of aromatic nitrogens is 4. The van der Waals surface area contributed by atoms with Crippen molar-refractivity contribution < 1.29 is 4.79 Å². The fourth-order valence-corrected chi connectivity index (χ4v) is 5.16. The van der Waals surface area contributed by atoms with E-state index in [1.165, 1.54) is 11.3 Å². The number of thiazole rings is 1. The number of hydrogen-bond acceptors (Lipinski definition) is 7. The van der Waals surface area contributed by atoms with Crippen LogP contribution < -0.4 is 10.6 Å². The summed E-state index contributed by atoms with van der Waals surface area (Å²) in [5.41, 5.74) is 9.43. The lowest BCUT2D eigenvalue weighted by Crippen LogP contribution is -2.38. The Bertz CT molecular complexity index is 1090. The van der Waals surface area contributed by atoms with Gasteiger partial charge >= 0.3 is 0 Å². The molecule has 0 saturated carbocycles. The molecular formula is C21H27N7OS. The number of carbonyl (C=O) groups is 1. The number of piperidine rings is 1. The van der Waals surface area contributed by atoms with Gasteiger partial charge in [0.25, 0.3) is 5.91 Å². The topological polar surface area (TPSA) is 92.7 Å². The molecular weight excluding hydrogens is 398 g/mol. The third-order valence-electron chi connectivity index (χ3n) is 6.09. The summed E-state index contributed by atoms with van der Waals surface area (Å²) in [7, 11) is 0. The maximum atomic E-state index is 13.1. The fourth-order valence-electron chi connectivity index (χ4n) is 4.57. The molecule has 30 heavy (non-hydrogen) atoms. The number of fused-ring (bicyclic) bond motifs is 1. The van der Waals surface area contributed by atoms with Crippen molar-refractivity contribution in [1.29, 1.82) is 0 Å². The van der Waals surface area contributed by atoms with E-state index in [0.717, 1.165) is 73.0 Å². The molecule has 0 radical (unpaired) electrons. The fraction of sp³-hybridized carbons (Fsp3) is 0.524. The van der Waals surface area contributed by atoms with Crippen molar-refractivity contribution in [2.24, 2.45) is 5.73 Å². The van der Waals surface area contributed by atoms with Gasteiger partial charge in [-0.3, -0.25) is 4.79 Å². The molecule has 0 aromatic carbocycles. The zero-order valence-electron chi connectivity index (χ0n) is 17.4. The van der Waals surface area contributed by atoms with E-state index in [2.05, 4.69) is 16.8 Å². The third-order valence-corrected chi connectivity index (χ3v) is 6.86. The molecule has 2 aliphatic heterocycles. The Morgan fingerprint density at radius 2 is 2.07 bits per heavy atom. The minimum absolute atomic E-state index is 0.00279. The predicted octanol–water partition coefficient (Wildman–Crippen LogP) is 2.71. The second kappa shape index (κ2) is 7.63. The quantitative estimate of drug-likeness (QED) is 0.694. The first kappa shape index (κ1) is 19.4. The maximum absolute atomic E-state index is 13.1. The summed E-state index contributed by atoms with van der Waals surface area (Å²) >= 11 is 1.51. The van der Waals surface area contributed by atoms with Crippen LogP contribution >= 0.6 is 11.3 Å². The molecule has 2 aliphatic rings. The van der Waals surface area contributed by atoms with Gasteiger partial charge in [0, 0.05) is 48.9 Å². The zero-order valence-corrected chi connectivity index (χ0v) is 18.2. The van der Waals surface area contributed by atoms with Gasteiger partial charge in [-0.15, -0.1) is 11.3 Å². The van der Waals surface area contributed by atoms with Crippen molar-refractivity contribution >= 4 is 28.7 Å². The minimum atomic E-state index is -0.0427. The van der Waals surface area contributed by atoms with Crippen molar-refractivity contribution in [2.75, 3.05) is 24.5 Å². The summed E-state index contributed by atoms with van der Waals surface area (Å²) < 4.78 is 1.84. The molecule has 9 heteroatoms. The van der Waals surface area contributed by atoms with Crippen molar-refractivity contribution in [2.45, 2.75) is 51.6 Å². The highest BCUT2D eigenvalue weighted by Crippen LogP contribution is 2.32. The van der Waals surface area contributed by atoms with Crippen molar-refractivity contribution in [1.82, 2.24) is 24.5 Å². The van der Waals surface area contributed by atoms with Crippen LogP contribution in [0.1, 0.15) is 58.5 Å². The highest BCUT2D eigenvalue weighted by Gasteiger charge is 2.32. The average Bonchev–Trinajstić information content (AvgIpc) is 3.46. The molecule has 2 N–H and O–H groups in total. The van der Waals surface area contributed by atoms with E-state index in [0.29, 0.717) is 5.69 Å². The standard InChI is InChI=1S/C21H27N7OS/c1-13-10-28-19(24-20(13)26-8-6-15(22)11-26)9-16(25-28)18-5-3-4-7-27(18)21(29)17-12-30-14(2)23-17/h9-10,12,15,18H,3-8,11,22H2,1-2H3/t15-,18-/m0/s1. The summed E-state index contributed by atoms with van der Waals surface area (Å²) in [6.07, 6.45) is 6.03. The second-order valence-electron chi connectivity index (χ2n) is 8.38. The van der Waals surface area contributed by atoms with Crippen LogP contribution in [0.2, 0.25) is 0 Å². The lowest BCUT2D eigenvalue weighted by atomic mass is 9.99. The van der Waals surface area contributed by atoms with Gasteiger partial charge in [0.05, 0.1) is 16.7 Å². The van der Waals surface area contributed by atoms with Gasteiger partial charge in [0.1, 0.15) is 11.5 Å². The molecule has 3 aromatic rings. The number of aryl methyl sites for hydroxylation is 2. The number of likely N-dealkylation sites (tertiary alicyclic amines) is 1. The molecule has 0 bridgehead atoms. The Morgan fingerprint density at radius 3 is 2.80 bits per heavy atom. The van der Waals surface area contributed by atoms with E-state index in [9.17, 15) is 4.79 Å². The van der Waals surface area contributed by atoms with Gasteiger partial charge < -0.3 is 15.5 Å². The van der Waals surface area contributed by atoms with Crippen LogP contribution in [0.15, 0.2) is 17.6 Å². The van der Waals surface area contributed by atoms with Crippen molar-refractivity contribution in [3.8, 4) is 0 Å². The highest BCUT2D eigenvalue weighted by molar-refractivity contribution is 7.09. The van der Waals surface area contributed by atoms with Gasteiger partial charge in [-0.1, -0.05) is 0 Å². The number of amides is 1. The Kier molecular flexibility index (Phi) is 4.94. The molecule has 8 nitrogen and oxygen atoms in total. The normalized spacial score (nSPS) is 22.2. The van der Waals surface area contributed by atoms with Gasteiger partial charge in [-0.25, -0.2) is 14.5 Å². The van der Waals surface area contributed by atoms with Crippen LogP contribution in [0.3, 0.4) is 0 Å². The first-order valence-electron chi connectivity index (χ1n) is 10.6. The Balaban J connectivity index is 1.47. The van der Waals surface area contributed by atoms with E-state index in [-0.39, 0.29) is 18.0 Å². The molecule has 2 fully saturated rings. The van der Waals surface area contributed by atoms with Crippen LogP contribution in [0.5, 0.6) is 0 Å². The van der Waals surface area contributed by atoms with Crippen LogP contribution in [-0.2, 0) is 0 Å². The van der Waals surface area contributed by atoms with E-state index in [1.54, 1.807) is 0 Å². The molecule has 158 valence electrons. The summed E-state index contributed by atoms with van der Waals surface area (Å²) in [5.74, 6) is 0.980. The Morgan fingerprint density at radius 1 is 1.20 bits per heavy atom. The number of hydrogen-bond donors (Lipinski definition) is 1. The van der Waals surface area contributed by atoms with Crippen molar-refractivity contribution in [3.05, 3.63) is 39.6 Å². The Hall–Kier alpha value is -2.52. The number of nitrogens with zero attached hydrogens (tertiary/aromatic N) is 6. The van der Waals surface area contributed by atoms with Crippen LogP contribution in [0.4, 0.5) is 5.82 Å². The molecule has 0 aliphatic carbocycles. The van der Waals surface area contributed by atoms with E-state index < -0.39 is 0 Å². The molecule has 5 heterocycles. The van der Waals surface area contributed by atoms with E-state index >= 15 is 0 Å². The number of carbonyl (C=O) groups excluding carboxylic acids is 1. The first-order chi connectivity index (χ1) is 14.5. The number of rotatable bonds is 3. The lowest BCUT2D eigenvalue weighted by molar-refractivity contribution is 0.0600. The predicted molar refractivity (Wildman–Crippen MR) is 117 cm³/mol. The minimum Gasteiger partial charge on any atom is -0.355 e. The molecule has 1 amide bonds. The van der Waals surface area contributed by atoms with Gasteiger partial charge in [-0.05, 0) is 39.5 Å². The largest absolute Gasteiger partial charge is 0.355 e. The lowest BCUT2D eigenvalue weighted by Gasteiger charge is -2.34. The summed E-state index contributed by atoms with van der Waals surface area (Å²) in [5, 5.41) is 7.57. The number of anilines is 1. The smallest absolute Gasteiger partial charge is 0.273 e. The van der Waals surface area contributed by atoms with Crippen LogP contribution in [0.25, 0.3) is 5.65 Å².